The fourth-order valence-electron chi connectivity index (χ4n) is 2.20. The van der Waals surface area contributed by atoms with Crippen LogP contribution in [-0.2, 0) is 22.4 Å². The van der Waals surface area contributed by atoms with Crippen LogP contribution in [0.2, 0.25) is 0 Å². The summed E-state index contributed by atoms with van der Waals surface area (Å²) in [6.07, 6.45) is 0. The molecule has 0 spiro atoms. The molecule has 0 aliphatic heterocycles. The van der Waals surface area contributed by atoms with Gasteiger partial charge in [0.05, 0.1) is 22.8 Å². The first kappa shape index (κ1) is 31.1. The van der Waals surface area contributed by atoms with Gasteiger partial charge in [-0.1, -0.05) is 24.3 Å². The third-order valence-electron chi connectivity index (χ3n) is 3.39. The summed E-state index contributed by atoms with van der Waals surface area (Å²) in [5, 5.41) is 0. The zero-order chi connectivity index (χ0) is 24.4. The number of rotatable bonds is 2. The zero-order valence-electron chi connectivity index (χ0n) is 16.6. The van der Waals surface area contributed by atoms with Crippen LogP contribution < -0.4 is 0 Å². The van der Waals surface area contributed by atoms with E-state index in [1.807, 2.05) is 72.8 Å². The number of nitrogens with zero attached hydrogens (tertiary/aromatic N) is 4. The molecule has 34 heavy (non-hydrogen) atoms. The van der Waals surface area contributed by atoms with Gasteiger partial charge in [0.1, 0.15) is 18.4 Å². The van der Waals surface area contributed by atoms with E-state index < -0.39 is 7.25 Å². The van der Waals surface area contributed by atoms with Crippen molar-refractivity contribution in [1.29, 1.82) is 0 Å². The van der Waals surface area contributed by atoms with Gasteiger partial charge in [0.25, 0.3) is 0 Å². The average molecular weight is 823 g/mol. The molecule has 4 aromatic rings. The maximum Gasteiger partial charge on any atom is 1.00 e. The van der Waals surface area contributed by atoms with Crippen molar-refractivity contribution in [3.63, 3.8) is 0 Å². The van der Waals surface area contributed by atoms with E-state index in [-0.39, 0.29) is 22.4 Å². The van der Waals surface area contributed by atoms with Crippen molar-refractivity contribution in [2.45, 2.75) is 0 Å². The summed E-state index contributed by atoms with van der Waals surface area (Å²) >= 11 is 13.3. The van der Waals surface area contributed by atoms with Crippen LogP contribution in [0.1, 0.15) is 0 Å². The molecule has 4 rings (SSSR count). The van der Waals surface area contributed by atoms with Gasteiger partial charge in [0, 0.05) is 0 Å². The minimum Gasteiger partial charge on any atom is -0.418 e. The Bertz CT molecular complexity index is 1020. The molecule has 4 aromatic heterocycles. The maximum absolute atomic E-state index is 9.75. The molecule has 0 unspecified atom stereocenters. The van der Waals surface area contributed by atoms with Gasteiger partial charge < -0.3 is 17.3 Å². The Morgan fingerprint density at radius 2 is 0.618 bits per heavy atom. The van der Waals surface area contributed by atoms with E-state index in [4.69, 9.17) is 0 Å². The van der Waals surface area contributed by atoms with Crippen molar-refractivity contribution < 1.29 is 39.6 Å². The second kappa shape index (κ2) is 15.2. The quantitative estimate of drug-likeness (QED) is 0.116. The van der Waals surface area contributed by atoms with Gasteiger partial charge in [-0.3, -0.25) is 0 Å². The van der Waals surface area contributed by atoms with Gasteiger partial charge in [-0.25, -0.2) is 19.9 Å². The SMILES string of the molecule is Brc1cccc(-c2cccc(Br)n2)n1.Brc1cccc(-c2cccc(Br)n2)n1.F[B-](F)(F)F.[Ag+]. The van der Waals surface area contributed by atoms with E-state index >= 15 is 0 Å². The molecule has 0 aliphatic rings. The van der Waals surface area contributed by atoms with Crippen LogP contribution in [0, 0.1) is 0 Å². The zero-order valence-corrected chi connectivity index (χ0v) is 24.4. The fourth-order valence-corrected chi connectivity index (χ4v) is 3.58. The van der Waals surface area contributed by atoms with Crippen LogP contribution in [0.25, 0.3) is 22.8 Å². The minimum absolute atomic E-state index is 0. The fraction of sp³-hybridized carbons (Fsp3) is 0. The third kappa shape index (κ3) is 12.7. The smallest absolute Gasteiger partial charge is 0.418 e. The monoisotopic (exact) mass is 818 g/mol. The largest absolute Gasteiger partial charge is 1.00 e. The number of aromatic nitrogens is 4. The maximum atomic E-state index is 9.75. The summed E-state index contributed by atoms with van der Waals surface area (Å²) < 4.78 is 42.3. The summed E-state index contributed by atoms with van der Waals surface area (Å²) in [4.78, 5) is 17.3. The van der Waals surface area contributed by atoms with Crippen molar-refractivity contribution in [2.24, 2.45) is 0 Å². The van der Waals surface area contributed by atoms with Gasteiger partial charge in [-0.05, 0) is 112 Å². The molecule has 0 aliphatic carbocycles. The normalized spacial score (nSPS) is 10.1. The van der Waals surface area contributed by atoms with Crippen LogP contribution in [0.3, 0.4) is 0 Å². The van der Waals surface area contributed by atoms with Crippen LogP contribution in [0.4, 0.5) is 17.3 Å². The molecule has 182 valence electrons. The molecule has 0 bridgehead atoms. The summed E-state index contributed by atoms with van der Waals surface area (Å²) in [6, 6.07) is 23.0. The molecule has 0 aromatic carbocycles. The topological polar surface area (TPSA) is 51.6 Å². The number of hydrogen-bond acceptors (Lipinski definition) is 4. The van der Waals surface area contributed by atoms with Crippen LogP contribution in [0.5, 0.6) is 0 Å². The van der Waals surface area contributed by atoms with E-state index in [2.05, 4.69) is 83.7 Å². The first-order chi connectivity index (χ1) is 15.5. The summed E-state index contributed by atoms with van der Waals surface area (Å²) in [7, 11) is -6.00. The van der Waals surface area contributed by atoms with E-state index in [0.29, 0.717) is 0 Å². The van der Waals surface area contributed by atoms with Crippen molar-refractivity contribution >= 4 is 71.0 Å². The average Bonchev–Trinajstić information content (AvgIpc) is 2.73. The van der Waals surface area contributed by atoms with E-state index in [1.165, 1.54) is 0 Å². The molecule has 0 saturated carbocycles. The van der Waals surface area contributed by atoms with Gasteiger partial charge in [-0.2, -0.15) is 0 Å². The van der Waals surface area contributed by atoms with Crippen molar-refractivity contribution in [3.8, 4) is 22.8 Å². The van der Waals surface area contributed by atoms with Crippen molar-refractivity contribution in [2.75, 3.05) is 0 Å². The molecule has 0 N–H and O–H groups in total. The van der Waals surface area contributed by atoms with E-state index in [9.17, 15) is 17.3 Å². The summed E-state index contributed by atoms with van der Waals surface area (Å²) in [5.74, 6) is 0. The predicted octanol–water partition coefficient (Wildman–Crippen LogP) is 8.63. The number of pyridine rings is 4. The van der Waals surface area contributed by atoms with Crippen LogP contribution in [0.15, 0.2) is 91.2 Å². The Hall–Kier alpha value is -0.955. The van der Waals surface area contributed by atoms with Gasteiger partial charge in [0.15, 0.2) is 0 Å². The molecule has 0 radical (unpaired) electrons. The Morgan fingerprint density at radius 3 is 0.765 bits per heavy atom. The van der Waals surface area contributed by atoms with Crippen LogP contribution in [-0.4, -0.2) is 27.2 Å². The minimum atomic E-state index is -6.00. The first-order valence-corrected chi connectivity index (χ1v) is 12.1. The Kier molecular flexibility index (Phi) is 13.9. The Morgan fingerprint density at radius 1 is 0.441 bits per heavy atom. The number of hydrogen-bond donors (Lipinski definition) is 0. The molecule has 14 heteroatoms. The molecule has 0 atom stereocenters. The molecule has 4 heterocycles. The molecular weight excluding hydrogens is 811 g/mol. The van der Waals surface area contributed by atoms with Crippen molar-refractivity contribution in [3.05, 3.63) is 91.2 Å². The Labute approximate surface area is 242 Å². The summed E-state index contributed by atoms with van der Waals surface area (Å²) in [6.45, 7) is 0. The predicted molar refractivity (Wildman–Crippen MR) is 136 cm³/mol. The second-order valence-corrected chi connectivity index (χ2v) is 9.13. The summed E-state index contributed by atoms with van der Waals surface area (Å²) in [5.41, 5.74) is 3.45. The first-order valence-electron chi connectivity index (χ1n) is 8.89. The van der Waals surface area contributed by atoms with Gasteiger partial charge in [0.2, 0.25) is 0 Å². The molecule has 4 nitrogen and oxygen atoms in total. The van der Waals surface area contributed by atoms with E-state index in [0.717, 1.165) is 41.2 Å². The van der Waals surface area contributed by atoms with Gasteiger partial charge in [-0.15, -0.1) is 0 Å². The number of halogens is 8. The Balaban J connectivity index is 0.000000278. The van der Waals surface area contributed by atoms with Crippen LogP contribution >= 0.6 is 63.7 Å². The third-order valence-corrected chi connectivity index (χ3v) is 5.15. The van der Waals surface area contributed by atoms with Gasteiger partial charge >= 0.3 is 29.6 Å². The second-order valence-electron chi connectivity index (χ2n) is 5.88. The molecule has 0 saturated heterocycles. The molecular formula is C20H12AgBBr4F4N4. The molecule has 0 fully saturated rings. The molecule has 0 amide bonds. The van der Waals surface area contributed by atoms with Crippen molar-refractivity contribution in [1.82, 2.24) is 19.9 Å². The van der Waals surface area contributed by atoms with E-state index in [1.54, 1.807) is 0 Å². The standard InChI is InChI=1S/2C10H6Br2N2.Ag.BF4/c2*11-9-5-1-3-7(13-9)8-4-2-6-10(12)14-8;;2-1(3,4)5/h2*1-6H;;/q;;+1;-1.